The van der Waals surface area contributed by atoms with Gasteiger partial charge in [-0.25, -0.2) is 13.2 Å². The Kier molecular flexibility index (Phi) is 2.23. The Morgan fingerprint density at radius 2 is 1.86 bits per heavy atom. The Hall–Kier alpha value is -1.03. The van der Waals surface area contributed by atoms with Crippen molar-refractivity contribution in [2.24, 2.45) is 11.7 Å². The van der Waals surface area contributed by atoms with Crippen LogP contribution >= 0.6 is 0 Å². The topological polar surface area (TPSA) is 26.0 Å². The summed E-state index contributed by atoms with van der Waals surface area (Å²) in [6.07, 6.45) is 0.647. The van der Waals surface area contributed by atoms with Crippen LogP contribution < -0.4 is 5.73 Å². The summed E-state index contributed by atoms with van der Waals surface area (Å²) in [5.74, 6) is -2.88. The van der Waals surface area contributed by atoms with Gasteiger partial charge < -0.3 is 5.73 Å². The molecule has 1 saturated carbocycles. The summed E-state index contributed by atoms with van der Waals surface area (Å²) < 4.78 is 39.2. The van der Waals surface area contributed by atoms with E-state index in [-0.39, 0.29) is 17.4 Å². The molecule has 0 radical (unpaired) electrons. The fraction of sp³-hybridized carbons (Fsp3) is 0.400. The highest BCUT2D eigenvalue weighted by molar-refractivity contribution is 5.30. The van der Waals surface area contributed by atoms with Gasteiger partial charge in [-0.15, -0.1) is 0 Å². The van der Waals surface area contributed by atoms with E-state index in [9.17, 15) is 13.2 Å². The minimum absolute atomic E-state index is 0.0980. The molecule has 1 nitrogen and oxygen atoms in total. The molecule has 1 aliphatic rings. The van der Waals surface area contributed by atoms with E-state index in [0.717, 1.165) is 12.1 Å². The Bertz CT molecular complexity index is 365. The summed E-state index contributed by atoms with van der Waals surface area (Å²) >= 11 is 0. The fourth-order valence-corrected chi connectivity index (χ4v) is 1.74. The van der Waals surface area contributed by atoms with Gasteiger partial charge in [0.25, 0.3) is 0 Å². The van der Waals surface area contributed by atoms with Crippen LogP contribution in [0.4, 0.5) is 13.2 Å². The molecule has 2 atom stereocenters. The maximum Gasteiger partial charge on any atom is 0.165 e. The molecule has 1 aromatic carbocycles. The van der Waals surface area contributed by atoms with E-state index in [2.05, 4.69) is 0 Å². The molecule has 1 aromatic rings. The van der Waals surface area contributed by atoms with Crippen molar-refractivity contribution >= 4 is 0 Å². The molecule has 2 N–H and O–H groups in total. The van der Waals surface area contributed by atoms with Gasteiger partial charge in [-0.05, 0) is 36.9 Å². The lowest BCUT2D eigenvalue weighted by atomic mass is 10.1. The van der Waals surface area contributed by atoms with Crippen molar-refractivity contribution < 1.29 is 13.2 Å². The smallest absolute Gasteiger partial charge is 0.165 e. The quantitative estimate of drug-likeness (QED) is 0.729. The van der Waals surface area contributed by atoms with E-state index in [4.69, 9.17) is 5.73 Å². The average molecular weight is 201 g/mol. The largest absolute Gasteiger partial charge is 0.330 e. The van der Waals surface area contributed by atoms with Crippen LogP contribution in [0, 0.1) is 23.4 Å². The van der Waals surface area contributed by atoms with E-state index in [1.807, 2.05) is 0 Å². The number of hydrogen-bond donors (Lipinski definition) is 1. The molecule has 0 spiro atoms. The van der Waals surface area contributed by atoms with Crippen molar-refractivity contribution in [1.29, 1.82) is 0 Å². The predicted octanol–water partition coefficient (Wildman–Crippen LogP) is 2.17. The van der Waals surface area contributed by atoms with Crippen LogP contribution in [0.5, 0.6) is 0 Å². The second-order valence-electron chi connectivity index (χ2n) is 3.59. The monoisotopic (exact) mass is 201 g/mol. The van der Waals surface area contributed by atoms with Crippen molar-refractivity contribution in [3.05, 3.63) is 35.1 Å². The average Bonchev–Trinajstić information content (AvgIpc) is 2.92. The highest BCUT2D eigenvalue weighted by Crippen LogP contribution is 2.48. The summed E-state index contributed by atoms with van der Waals surface area (Å²) in [5.41, 5.74) is 5.22. The number of benzene rings is 1. The number of rotatable bonds is 2. The first-order chi connectivity index (χ1) is 6.65. The van der Waals surface area contributed by atoms with E-state index in [0.29, 0.717) is 13.0 Å². The zero-order valence-corrected chi connectivity index (χ0v) is 7.43. The molecule has 0 aromatic heterocycles. The van der Waals surface area contributed by atoms with Crippen LogP contribution in [-0.2, 0) is 0 Å². The van der Waals surface area contributed by atoms with Gasteiger partial charge in [-0.3, -0.25) is 0 Å². The molecule has 0 aliphatic heterocycles. The summed E-state index contributed by atoms with van der Waals surface area (Å²) in [7, 11) is 0. The molecular formula is C10H10F3N. The van der Waals surface area contributed by atoms with Gasteiger partial charge in [0.15, 0.2) is 11.6 Å². The van der Waals surface area contributed by atoms with Crippen LogP contribution in [0.3, 0.4) is 0 Å². The van der Waals surface area contributed by atoms with Gasteiger partial charge in [0.05, 0.1) is 0 Å². The SMILES string of the molecule is NCC1CC1c1c(F)ccc(F)c1F. The molecule has 0 saturated heterocycles. The second-order valence-corrected chi connectivity index (χ2v) is 3.59. The highest BCUT2D eigenvalue weighted by Gasteiger charge is 2.41. The van der Waals surface area contributed by atoms with Crippen molar-refractivity contribution in [2.75, 3.05) is 6.54 Å². The van der Waals surface area contributed by atoms with E-state index in [1.165, 1.54) is 0 Å². The first-order valence-corrected chi connectivity index (χ1v) is 4.48. The third kappa shape index (κ3) is 1.39. The number of halogens is 3. The van der Waals surface area contributed by atoms with Gasteiger partial charge in [0.1, 0.15) is 5.82 Å². The van der Waals surface area contributed by atoms with Crippen molar-refractivity contribution in [3.8, 4) is 0 Å². The van der Waals surface area contributed by atoms with E-state index in [1.54, 1.807) is 0 Å². The Labute approximate surface area is 79.7 Å². The van der Waals surface area contributed by atoms with Crippen LogP contribution in [-0.4, -0.2) is 6.54 Å². The van der Waals surface area contributed by atoms with Crippen LogP contribution in [0.15, 0.2) is 12.1 Å². The van der Waals surface area contributed by atoms with Gasteiger partial charge in [0.2, 0.25) is 0 Å². The number of hydrogen-bond acceptors (Lipinski definition) is 1. The first kappa shape index (κ1) is 9.52. The van der Waals surface area contributed by atoms with E-state index >= 15 is 0 Å². The Morgan fingerprint density at radius 3 is 2.43 bits per heavy atom. The molecule has 14 heavy (non-hydrogen) atoms. The Balaban J connectivity index is 2.38. The molecule has 1 aliphatic carbocycles. The lowest BCUT2D eigenvalue weighted by molar-refractivity contribution is 0.477. The minimum atomic E-state index is -1.06. The molecule has 2 rings (SSSR count). The standard InChI is InChI=1S/C10H10F3N/c11-7-1-2-8(12)10(13)9(7)6-3-5(6)4-14/h1-2,5-6H,3-4,14H2. The first-order valence-electron chi connectivity index (χ1n) is 4.48. The summed E-state index contributed by atoms with van der Waals surface area (Å²) in [5, 5.41) is 0. The highest BCUT2D eigenvalue weighted by atomic mass is 19.2. The van der Waals surface area contributed by atoms with Gasteiger partial charge in [0, 0.05) is 5.56 Å². The summed E-state index contributed by atoms with van der Waals surface area (Å²) in [6, 6.07) is 1.76. The molecule has 76 valence electrons. The molecule has 0 bridgehead atoms. The minimum Gasteiger partial charge on any atom is -0.330 e. The second kappa shape index (κ2) is 3.28. The Morgan fingerprint density at radius 1 is 1.21 bits per heavy atom. The van der Waals surface area contributed by atoms with Gasteiger partial charge >= 0.3 is 0 Å². The molecular weight excluding hydrogens is 191 g/mol. The normalized spacial score (nSPS) is 25.1. The van der Waals surface area contributed by atoms with Crippen molar-refractivity contribution in [3.63, 3.8) is 0 Å². The van der Waals surface area contributed by atoms with Gasteiger partial charge in [-0.1, -0.05) is 0 Å². The molecule has 0 heterocycles. The lowest BCUT2D eigenvalue weighted by Gasteiger charge is -2.04. The molecule has 4 heteroatoms. The molecule has 2 unspecified atom stereocenters. The van der Waals surface area contributed by atoms with Gasteiger partial charge in [-0.2, -0.15) is 0 Å². The van der Waals surface area contributed by atoms with E-state index < -0.39 is 17.5 Å². The van der Waals surface area contributed by atoms with Crippen molar-refractivity contribution in [1.82, 2.24) is 0 Å². The predicted molar refractivity (Wildman–Crippen MR) is 46.2 cm³/mol. The van der Waals surface area contributed by atoms with Crippen LogP contribution in [0.1, 0.15) is 17.9 Å². The fourth-order valence-electron chi connectivity index (χ4n) is 1.74. The third-order valence-corrected chi connectivity index (χ3v) is 2.68. The zero-order valence-electron chi connectivity index (χ0n) is 7.43. The number of nitrogens with two attached hydrogens (primary N) is 1. The summed E-state index contributed by atoms with van der Waals surface area (Å²) in [6.45, 7) is 0.389. The lowest BCUT2D eigenvalue weighted by Crippen LogP contribution is -2.04. The maximum atomic E-state index is 13.2. The summed E-state index contributed by atoms with van der Waals surface area (Å²) in [4.78, 5) is 0. The van der Waals surface area contributed by atoms with Crippen molar-refractivity contribution in [2.45, 2.75) is 12.3 Å². The third-order valence-electron chi connectivity index (χ3n) is 2.68. The van der Waals surface area contributed by atoms with Crippen LogP contribution in [0.2, 0.25) is 0 Å². The van der Waals surface area contributed by atoms with Crippen LogP contribution in [0.25, 0.3) is 0 Å². The zero-order chi connectivity index (χ0) is 10.3. The molecule has 0 amide bonds. The molecule has 1 fully saturated rings. The maximum absolute atomic E-state index is 13.2.